The van der Waals surface area contributed by atoms with Crippen LogP contribution in [0, 0.1) is 0 Å². The van der Waals surface area contributed by atoms with Gasteiger partial charge in [0, 0.05) is 13.2 Å². The van der Waals surface area contributed by atoms with Crippen molar-refractivity contribution < 1.29 is 14.6 Å². The van der Waals surface area contributed by atoms with Crippen LogP contribution in [0.2, 0.25) is 0 Å². The fourth-order valence-electron chi connectivity index (χ4n) is 1.66. The van der Waals surface area contributed by atoms with Crippen LogP contribution in [0.5, 0.6) is 0 Å². The molecule has 2 atom stereocenters. The van der Waals surface area contributed by atoms with Crippen LogP contribution in [0.15, 0.2) is 16.8 Å². The van der Waals surface area contributed by atoms with E-state index in [1.807, 2.05) is 16.8 Å². The van der Waals surface area contributed by atoms with E-state index in [0.717, 1.165) is 12.0 Å². The van der Waals surface area contributed by atoms with Crippen molar-refractivity contribution in [2.75, 3.05) is 19.8 Å². The zero-order valence-electron chi connectivity index (χ0n) is 9.39. The van der Waals surface area contributed by atoms with Gasteiger partial charge in [0.1, 0.15) is 0 Å². The minimum absolute atomic E-state index is 0.0910. The second kappa shape index (κ2) is 6.00. The predicted molar refractivity (Wildman–Crippen MR) is 65.0 cm³/mol. The molecule has 1 fully saturated rings. The first-order valence-electron chi connectivity index (χ1n) is 5.58. The van der Waals surface area contributed by atoms with E-state index in [-0.39, 0.29) is 18.6 Å². The minimum atomic E-state index is -0.646. The van der Waals surface area contributed by atoms with Gasteiger partial charge in [0.25, 0.3) is 0 Å². The Kier molecular flexibility index (Phi) is 4.36. The summed E-state index contributed by atoms with van der Waals surface area (Å²) in [6, 6.07) is 1.68. The second-order valence-electron chi connectivity index (χ2n) is 3.99. The van der Waals surface area contributed by atoms with Gasteiger partial charge in [-0.25, -0.2) is 4.79 Å². The molecule has 0 spiro atoms. The number of nitrogens with one attached hydrogen (secondary N) is 2. The molecule has 1 aromatic rings. The molecule has 2 amide bonds. The summed E-state index contributed by atoms with van der Waals surface area (Å²) in [7, 11) is 0. The number of ether oxygens (including phenoxy) is 1. The average molecular weight is 256 g/mol. The van der Waals surface area contributed by atoms with E-state index in [9.17, 15) is 9.90 Å². The topological polar surface area (TPSA) is 70.6 Å². The van der Waals surface area contributed by atoms with Crippen molar-refractivity contribution in [2.24, 2.45) is 0 Å². The maximum atomic E-state index is 11.5. The Morgan fingerprint density at radius 1 is 1.71 bits per heavy atom. The molecule has 0 radical (unpaired) electrons. The molecular formula is C11H16N2O3S. The number of aliphatic hydroxyl groups is 1. The first-order chi connectivity index (χ1) is 8.25. The normalized spacial score (nSPS) is 21.1. The molecule has 0 saturated carbocycles. The molecule has 1 saturated heterocycles. The van der Waals surface area contributed by atoms with Gasteiger partial charge in [0.05, 0.1) is 18.8 Å². The Morgan fingerprint density at radius 3 is 3.24 bits per heavy atom. The van der Waals surface area contributed by atoms with Crippen molar-refractivity contribution in [3.05, 3.63) is 22.4 Å². The number of amides is 2. The molecule has 3 N–H and O–H groups in total. The van der Waals surface area contributed by atoms with Gasteiger partial charge >= 0.3 is 6.03 Å². The fraction of sp³-hybridized carbons (Fsp3) is 0.545. The lowest BCUT2D eigenvalue weighted by Crippen LogP contribution is -2.43. The quantitative estimate of drug-likeness (QED) is 0.748. The molecule has 6 heteroatoms. The van der Waals surface area contributed by atoms with Gasteiger partial charge < -0.3 is 20.5 Å². The third-order valence-electron chi connectivity index (χ3n) is 2.65. The summed E-state index contributed by atoms with van der Waals surface area (Å²) in [5, 5.41) is 19.0. The minimum Gasteiger partial charge on any atom is -0.387 e. The maximum absolute atomic E-state index is 11.5. The maximum Gasteiger partial charge on any atom is 0.315 e. The van der Waals surface area contributed by atoms with Crippen molar-refractivity contribution in [3.63, 3.8) is 0 Å². The van der Waals surface area contributed by atoms with Crippen molar-refractivity contribution in [1.29, 1.82) is 0 Å². The van der Waals surface area contributed by atoms with E-state index in [1.54, 1.807) is 0 Å². The Hall–Kier alpha value is -1.11. The largest absolute Gasteiger partial charge is 0.387 e. The van der Waals surface area contributed by atoms with Crippen LogP contribution in [-0.2, 0) is 4.74 Å². The summed E-state index contributed by atoms with van der Waals surface area (Å²) in [6.45, 7) is 1.49. The van der Waals surface area contributed by atoms with E-state index < -0.39 is 6.10 Å². The Morgan fingerprint density at radius 2 is 2.59 bits per heavy atom. The lowest BCUT2D eigenvalue weighted by Gasteiger charge is -2.14. The highest BCUT2D eigenvalue weighted by Crippen LogP contribution is 2.14. The van der Waals surface area contributed by atoms with Gasteiger partial charge in [-0.3, -0.25) is 0 Å². The molecule has 2 heterocycles. The summed E-state index contributed by atoms with van der Waals surface area (Å²) >= 11 is 1.52. The van der Waals surface area contributed by atoms with Gasteiger partial charge in [-0.05, 0) is 28.8 Å². The van der Waals surface area contributed by atoms with E-state index in [2.05, 4.69) is 10.6 Å². The number of rotatable bonds is 4. The predicted octanol–water partition coefficient (Wildman–Crippen LogP) is 0.870. The second-order valence-corrected chi connectivity index (χ2v) is 4.77. The molecule has 0 aromatic carbocycles. The highest BCUT2D eigenvalue weighted by molar-refractivity contribution is 7.07. The summed E-state index contributed by atoms with van der Waals surface area (Å²) in [5.41, 5.74) is 0.833. The van der Waals surface area contributed by atoms with E-state index >= 15 is 0 Å². The first kappa shape index (κ1) is 12.3. The highest BCUT2D eigenvalue weighted by atomic mass is 32.1. The van der Waals surface area contributed by atoms with Crippen LogP contribution in [-0.4, -0.2) is 36.9 Å². The summed E-state index contributed by atoms with van der Waals surface area (Å²) in [4.78, 5) is 11.5. The molecule has 1 aliphatic rings. The molecule has 0 bridgehead atoms. The van der Waals surface area contributed by atoms with Crippen molar-refractivity contribution >= 4 is 17.4 Å². The number of aliphatic hydroxyl groups excluding tert-OH is 1. The summed E-state index contributed by atoms with van der Waals surface area (Å²) < 4.78 is 5.15. The van der Waals surface area contributed by atoms with E-state index in [4.69, 9.17) is 4.74 Å². The Bertz CT molecular complexity index is 350. The number of hydrogen-bond acceptors (Lipinski definition) is 4. The van der Waals surface area contributed by atoms with Crippen LogP contribution in [0.25, 0.3) is 0 Å². The van der Waals surface area contributed by atoms with Crippen LogP contribution in [0.4, 0.5) is 4.79 Å². The lowest BCUT2D eigenvalue weighted by molar-refractivity contribution is 0.171. The summed E-state index contributed by atoms with van der Waals surface area (Å²) in [5.74, 6) is 0. The molecular weight excluding hydrogens is 240 g/mol. The standard InChI is InChI=1S/C11H16N2O3S/c14-10(8-2-4-17-7-8)5-12-11(15)13-9-1-3-16-6-9/h2,4,7,9-10,14H,1,3,5-6H2,(H2,12,13,15). The number of urea groups is 1. The Balaban J connectivity index is 1.68. The van der Waals surface area contributed by atoms with Gasteiger partial charge in [0.15, 0.2) is 0 Å². The van der Waals surface area contributed by atoms with Gasteiger partial charge in [-0.2, -0.15) is 11.3 Å². The molecule has 5 nitrogen and oxygen atoms in total. The smallest absolute Gasteiger partial charge is 0.315 e. The fourth-order valence-corrected chi connectivity index (χ4v) is 2.36. The number of carbonyl (C=O) groups is 1. The molecule has 17 heavy (non-hydrogen) atoms. The molecule has 1 aliphatic heterocycles. The van der Waals surface area contributed by atoms with Gasteiger partial charge in [-0.15, -0.1) is 0 Å². The third-order valence-corrected chi connectivity index (χ3v) is 3.35. The lowest BCUT2D eigenvalue weighted by atomic mass is 10.2. The number of thiophene rings is 1. The monoisotopic (exact) mass is 256 g/mol. The van der Waals surface area contributed by atoms with Crippen molar-refractivity contribution in [3.8, 4) is 0 Å². The third kappa shape index (κ3) is 3.69. The molecule has 2 unspecified atom stereocenters. The van der Waals surface area contributed by atoms with Crippen LogP contribution >= 0.6 is 11.3 Å². The van der Waals surface area contributed by atoms with E-state index in [0.29, 0.717) is 13.2 Å². The average Bonchev–Trinajstić information content (AvgIpc) is 2.97. The van der Waals surface area contributed by atoms with Crippen LogP contribution in [0.3, 0.4) is 0 Å². The van der Waals surface area contributed by atoms with Crippen molar-refractivity contribution in [1.82, 2.24) is 10.6 Å². The van der Waals surface area contributed by atoms with Crippen molar-refractivity contribution in [2.45, 2.75) is 18.6 Å². The Labute approximate surface area is 104 Å². The number of hydrogen-bond donors (Lipinski definition) is 3. The molecule has 94 valence electrons. The molecule has 2 rings (SSSR count). The zero-order valence-corrected chi connectivity index (χ0v) is 10.2. The highest BCUT2D eigenvalue weighted by Gasteiger charge is 2.18. The molecule has 0 aliphatic carbocycles. The SMILES string of the molecule is O=C(NCC(O)c1ccsc1)NC1CCOC1. The van der Waals surface area contributed by atoms with Crippen LogP contribution in [0.1, 0.15) is 18.1 Å². The summed E-state index contributed by atoms with van der Waals surface area (Å²) in [6.07, 6.45) is 0.201. The van der Waals surface area contributed by atoms with Crippen LogP contribution < -0.4 is 10.6 Å². The zero-order chi connectivity index (χ0) is 12.1. The first-order valence-corrected chi connectivity index (χ1v) is 6.52. The van der Waals surface area contributed by atoms with Gasteiger partial charge in [-0.1, -0.05) is 0 Å². The van der Waals surface area contributed by atoms with E-state index in [1.165, 1.54) is 11.3 Å². The number of carbonyl (C=O) groups excluding carboxylic acids is 1. The van der Waals surface area contributed by atoms with Gasteiger partial charge in [0.2, 0.25) is 0 Å². The molecule has 1 aromatic heterocycles.